The largest absolute Gasteiger partial charge is 0.440 e. The van der Waals surface area contributed by atoms with Crippen molar-refractivity contribution < 1.29 is 22.7 Å². The zero-order valence-electron chi connectivity index (χ0n) is 8.49. The van der Waals surface area contributed by atoms with Gasteiger partial charge in [-0.1, -0.05) is 18.2 Å². The van der Waals surface area contributed by atoms with E-state index in [1.54, 1.807) is 30.3 Å². The molecule has 0 aromatic heterocycles. The number of anilines is 1. The Bertz CT molecular complexity index is 351. The summed E-state index contributed by atoms with van der Waals surface area (Å²) in [5.41, 5.74) is 0.467. The fourth-order valence-electron chi connectivity index (χ4n) is 0.997. The zero-order valence-corrected chi connectivity index (χ0v) is 8.49. The van der Waals surface area contributed by atoms with Gasteiger partial charge in [-0.15, -0.1) is 0 Å². The van der Waals surface area contributed by atoms with Crippen molar-refractivity contribution in [2.75, 3.05) is 18.6 Å². The lowest BCUT2D eigenvalue weighted by Gasteiger charge is -2.17. The Kier molecular flexibility index (Phi) is 3.76. The van der Waals surface area contributed by atoms with E-state index in [2.05, 4.69) is 4.74 Å². The molecule has 0 atom stereocenters. The Morgan fingerprint density at radius 3 is 2.38 bits per heavy atom. The Hall–Kier alpha value is -1.72. The fraction of sp³-hybridized carbons (Fsp3) is 0.300. The number of amides is 1. The summed E-state index contributed by atoms with van der Waals surface area (Å²) in [5, 5.41) is 0. The van der Waals surface area contributed by atoms with Gasteiger partial charge in [0, 0.05) is 12.7 Å². The second kappa shape index (κ2) is 4.87. The molecule has 0 aliphatic carbocycles. The number of halogens is 3. The van der Waals surface area contributed by atoms with E-state index in [9.17, 15) is 18.0 Å². The Labute approximate surface area is 90.4 Å². The van der Waals surface area contributed by atoms with Crippen LogP contribution in [0.4, 0.5) is 23.7 Å². The summed E-state index contributed by atoms with van der Waals surface area (Å²) in [5.74, 6) is 0. The lowest BCUT2D eigenvalue weighted by atomic mass is 10.3. The highest BCUT2D eigenvalue weighted by atomic mass is 19.4. The van der Waals surface area contributed by atoms with Crippen LogP contribution in [0.3, 0.4) is 0 Å². The molecule has 0 fully saturated rings. The number of carbonyl (C=O) groups is 1. The van der Waals surface area contributed by atoms with Crippen LogP contribution in [0, 0.1) is 0 Å². The van der Waals surface area contributed by atoms with Crippen LogP contribution >= 0.6 is 0 Å². The number of nitrogens with zero attached hydrogens (tertiary/aromatic N) is 1. The molecule has 0 heterocycles. The predicted molar refractivity (Wildman–Crippen MR) is 52.2 cm³/mol. The van der Waals surface area contributed by atoms with Crippen molar-refractivity contribution >= 4 is 11.8 Å². The molecular formula is C10H10F3NO2. The molecule has 16 heavy (non-hydrogen) atoms. The molecule has 6 heteroatoms. The summed E-state index contributed by atoms with van der Waals surface area (Å²) in [6.45, 7) is -1.58. The molecule has 3 nitrogen and oxygen atoms in total. The first-order valence-corrected chi connectivity index (χ1v) is 4.42. The molecule has 0 N–H and O–H groups in total. The number of benzene rings is 1. The van der Waals surface area contributed by atoms with Gasteiger partial charge >= 0.3 is 12.3 Å². The third-order valence-electron chi connectivity index (χ3n) is 1.78. The fourth-order valence-corrected chi connectivity index (χ4v) is 0.997. The first-order valence-electron chi connectivity index (χ1n) is 4.42. The maximum absolute atomic E-state index is 11.8. The van der Waals surface area contributed by atoms with Crippen molar-refractivity contribution in [1.29, 1.82) is 0 Å². The van der Waals surface area contributed by atoms with Gasteiger partial charge in [-0.05, 0) is 12.1 Å². The van der Waals surface area contributed by atoms with E-state index in [-0.39, 0.29) is 0 Å². The molecule has 0 radical (unpaired) electrons. The molecular weight excluding hydrogens is 223 g/mol. The highest BCUT2D eigenvalue weighted by Crippen LogP contribution is 2.17. The number of para-hydroxylation sites is 1. The number of hydrogen-bond acceptors (Lipinski definition) is 2. The van der Waals surface area contributed by atoms with Crippen LogP contribution in [0.1, 0.15) is 0 Å². The third-order valence-corrected chi connectivity index (χ3v) is 1.78. The molecule has 0 aliphatic heterocycles. The lowest BCUT2D eigenvalue weighted by molar-refractivity contribution is -0.159. The van der Waals surface area contributed by atoms with Gasteiger partial charge in [0.2, 0.25) is 0 Å². The molecule has 0 spiro atoms. The maximum Gasteiger partial charge on any atom is 0.422 e. The maximum atomic E-state index is 11.8. The molecule has 1 aromatic carbocycles. The molecule has 1 amide bonds. The van der Waals surface area contributed by atoms with Crippen LogP contribution in [0.25, 0.3) is 0 Å². The summed E-state index contributed by atoms with van der Waals surface area (Å²) in [4.78, 5) is 12.2. The number of alkyl halides is 3. The Balaban J connectivity index is 2.55. The van der Waals surface area contributed by atoms with Gasteiger partial charge in [0.05, 0.1) is 0 Å². The van der Waals surface area contributed by atoms with Gasteiger partial charge in [-0.3, -0.25) is 4.90 Å². The average Bonchev–Trinajstić information content (AvgIpc) is 2.25. The number of rotatable bonds is 2. The lowest BCUT2D eigenvalue weighted by Crippen LogP contribution is -2.30. The molecule has 88 valence electrons. The standard InChI is InChI=1S/C10H10F3NO2/c1-14(8-5-3-2-4-6-8)9(15)16-7-10(11,12)13/h2-6H,7H2,1H3. The third kappa shape index (κ3) is 3.80. The van der Waals surface area contributed by atoms with E-state index in [4.69, 9.17) is 0 Å². The normalized spacial score (nSPS) is 11.0. The van der Waals surface area contributed by atoms with Crippen molar-refractivity contribution in [3.8, 4) is 0 Å². The molecule has 0 aliphatic rings. The van der Waals surface area contributed by atoms with Crippen LogP contribution < -0.4 is 4.90 Å². The number of ether oxygens (including phenoxy) is 1. The average molecular weight is 233 g/mol. The minimum Gasteiger partial charge on any atom is -0.440 e. The van der Waals surface area contributed by atoms with Crippen molar-refractivity contribution in [1.82, 2.24) is 0 Å². The zero-order chi connectivity index (χ0) is 12.2. The quantitative estimate of drug-likeness (QED) is 0.786. The minimum atomic E-state index is -4.51. The SMILES string of the molecule is CN(C(=O)OCC(F)(F)F)c1ccccc1. The van der Waals surface area contributed by atoms with Crippen LogP contribution in [-0.4, -0.2) is 25.9 Å². The van der Waals surface area contributed by atoms with Gasteiger partial charge in [-0.2, -0.15) is 13.2 Å². The van der Waals surface area contributed by atoms with Crippen LogP contribution in [0.15, 0.2) is 30.3 Å². The second-order valence-electron chi connectivity index (χ2n) is 3.06. The predicted octanol–water partition coefficient (Wildman–Crippen LogP) is 2.82. The highest BCUT2D eigenvalue weighted by molar-refractivity contribution is 5.86. The second-order valence-corrected chi connectivity index (χ2v) is 3.06. The van der Waals surface area contributed by atoms with E-state index in [1.807, 2.05) is 0 Å². The molecule has 0 unspecified atom stereocenters. The molecule has 0 saturated heterocycles. The highest BCUT2D eigenvalue weighted by Gasteiger charge is 2.30. The summed E-state index contributed by atoms with van der Waals surface area (Å²) >= 11 is 0. The topological polar surface area (TPSA) is 29.5 Å². The summed E-state index contributed by atoms with van der Waals surface area (Å²) in [6, 6.07) is 8.26. The first-order chi connectivity index (χ1) is 7.40. The van der Waals surface area contributed by atoms with Gasteiger partial charge in [0.1, 0.15) is 0 Å². The van der Waals surface area contributed by atoms with Crippen LogP contribution in [-0.2, 0) is 4.74 Å². The summed E-state index contributed by atoms with van der Waals surface area (Å²) in [7, 11) is 1.34. The van der Waals surface area contributed by atoms with E-state index < -0.39 is 18.9 Å². The van der Waals surface area contributed by atoms with Gasteiger partial charge < -0.3 is 4.74 Å². The van der Waals surface area contributed by atoms with E-state index in [0.717, 1.165) is 4.90 Å². The van der Waals surface area contributed by atoms with Crippen molar-refractivity contribution in [3.63, 3.8) is 0 Å². The van der Waals surface area contributed by atoms with Crippen LogP contribution in [0.5, 0.6) is 0 Å². The summed E-state index contributed by atoms with van der Waals surface area (Å²) in [6.07, 6.45) is -5.55. The number of carbonyl (C=O) groups excluding carboxylic acids is 1. The summed E-state index contributed by atoms with van der Waals surface area (Å²) < 4.78 is 39.4. The van der Waals surface area contributed by atoms with Crippen molar-refractivity contribution in [2.24, 2.45) is 0 Å². The van der Waals surface area contributed by atoms with E-state index >= 15 is 0 Å². The first kappa shape index (κ1) is 12.4. The van der Waals surface area contributed by atoms with Gasteiger partial charge in [0.15, 0.2) is 6.61 Å². The number of hydrogen-bond donors (Lipinski definition) is 0. The molecule has 0 bridgehead atoms. The van der Waals surface area contributed by atoms with Gasteiger partial charge in [0.25, 0.3) is 0 Å². The Morgan fingerprint density at radius 1 is 1.31 bits per heavy atom. The molecule has 1 aromatic rings. The van der Waals surface area contributed by atoms with Crippen LogP contribution in [0.2, 0.25) is 0 Å². The molecule has 0 saturated carbocycles. The van der Waals surface area contributed by atoms with E-state index in [1.165, 1.54) is 7.05 Å². The smallest absolute Gasteiger partial charge is 0.422 e. The minimum absolute atomic E-state index is 0.467. The van der Waals surface area contributed by atoms with Crippen molar-refractivity contribution in [3.05, 3.63) is 30.3 Å². The van der Waals surface area contributed by atoms with Gasteiger partial charge in [-0.25, -0.2) is 4.79 Å². The monoisotopic (exact) mass is 233 g/mol. The van der Waals surface area contributed by atoms with Crippen molar-refractivity contribution in [2.45, 2.75) is 6.18 Å². The van der Waals surface area contributed by atoms with E-state index in [0.29, 0.717) is 5.69 Å². The Morgan fingerprint density at radius 2 is 1.88 bits per heavy atom. The molecule has 1 rings (SSSR count).